The van der Waals surface area contributed by atoms with E-state index in [1.807, 2.05) is 0 Å². The Morgan fingerprint density at radius 2 is 2.29 bits per heavy atom. The molecule has 0 N–H and O–H groups in total. The van der Waals surface area contributed by atoms with E-state index in [1.54, 1.807) is 0 Å². The lowest BCUT2D eigenvalue weighted by molar-refractivity contribution is 0.436. The van der Waals surface area contributed by atoms with Gasteiger partial charge in [-0.2, -0.15) is 0 Å². The molecule has 0 spiro atoms. The second-order valence-corrected chi connectivity index (χ2v) is 1.30. The first kappa shape index (κ1) is 3.54. The lowest BCUT2D eigenvalue weighted by Gasteiger charge is -2.02. The molecule has 0 amide bonds. The molecule has 0 fully saturated rings. The average molecular weight is 148 g/mol. The zero-order chi connectivity index (χ0) is 8.15. The predicted molar refractivity (Wildman–Crippen MR) is 36.5 cm³/mol. The molecule has 0 saturated carbocycles. The number of alkyl halides is 1. The maximum absolute atomic E-state index is 6.86. The van der Waals surface area contributed by atoms with Crippen molar-refractivity contribution in [3.8, 4) is 0 Å². The van der Waals surface area contributed by atoms with Gasteiger partial charge < -0.3 is 4.90 Å². The molecule has 0 bridgehead atoms. The van der Waals surface area contributed by atoms with Crippen LogP contribution in [0.5, 0.6) is 0 Å². The van der Waals surface area contributed by atoms with Crippen molar-refractivity contribution in [2.45, 2.75) is 0 Å². The van der Waals surface area contributed by atoms with Crippen molar-refractivity contribution in [2.24, 2.45) is 0 Å². The molecule has 0 aliphatic heterocycles. The third-order valence-corrected chi connectivity index (χ3v) is 0.512. The minimum absolute atomic E-state index is 0. The van der Waals surface area contributed by atoms with Crippen molar-refractivity contribution in [1.29, 1.82) is 0 Å². The minimum atomic E-state index is -1.27. The van der Waals surface area contributed by atoms with Crippen LogP contribution in [0.4, 0.5) is 0 Å². The van der Waals surface area contributed by atoms with Crippen molar-refractivity contribution in [1.82, 2.24) is 4.90 Å². The Bertz CT molecular complexity index is 84.2. The second kappa shape index (κ2) is 6.54. The topological polar surface area (TPSA) is 3.24 Å². The lowest BCUT2D eigenvalue weighted by Crippen LogP contribution is -2.13. The van der Waals surface area contributed by atoms with Crippen molar-refractivity contribution in [3.63, 3.8) is 0 Å². The van der Waals surface area contributed by atoms with Crippen molar-refractivity contribution < 1.29 is 5.48 Å². The summed E-state index contributed by atoms with van der Waals surface area (Å²) in [5, 5.41) is 0. The van der Waals surface area contributed by atoms with E-state index >= 15 is 0 Å². The summed E-state index contributed by atoms with van der Waals surface area (Å²) in [4.78, 5) is 1.05. The molecule has 3 heteroatoms. The molecule has 0 aromatic carbocycles. The van der Waals surface area contributed by atoms with E-state index in [9.17, 15) is 0 Å². The highest BCUT2D eigenvalue weighted by molar-refractivity contribution is 6.18. The molecule has 0 heterocycles. The molecule has 0 aliphatic rings. The fraction of sp³-hybridized carbons (Fsp3) is 1.00. The van der Waals surface area contributed by atoms with Crippen LogP contribution in [0.2, 0.25) is 0 Å². The van der Waals surface area contributed by atoms with Crippen LogP contribution in [0, 0.1) is 0 Å². The maximum atomic E-state index is 6.86. The van der Waals surface area contributed by atoms with Gasteiger partial charge in [-0.15, -0.1) is 24.0 Å². The van der Waals surface area contributed by atoms with Gasteiger partial charge in [-0.3, -0.25) is 0 Å². The van der Waals surface area contributed by atoms with Gasteiger partial charge in [0.2, 0.25) is 0 Å². The van der Waals surface area contributed by atoms with Crippen LogP contribution >= 0.6 is 24.0 Å². The third-order valence-electron chi connectivity index (χ3n) is 0.343. The highest BCUT2D eigenvalue weighted by Gasteiger charge is 1.81. The monoisotopic (exact) mass is 147 g/mol. The Balaban J connectivity index is 0. The first-order chi connectivity index (χ1) is 4.59. The Hall–Kier alpha value is 0.540. The second-order valence-electron chi connectivity index (χ2n) is 0.927. The third kappa shape index (κ3) is 10.8. The molecule has 0 atom stereocenters. The molecule has 0 saturated heterocycles. The van der Waals surface area contributed by atoms with Crippen molar-refractivity contribution >= 4 is 24.0 Å². The van der Waals surface area contributed by atoms with E-state index in [-0.39, 0.29) is 24.8 Å². The van der Waals surface area contributed by atoms with E-state index in [0.717, 1.165) is 4.90 Å². The van der Waals surface area contributed by atoms with Crippen LogP contribution in [-0.4, -0.2) is 31.3 Å². The van der Waals surface area contributed by atoms with Crippen LogP contribution in [0.1, 0.15) is 5.48 Å². The lowest BCUT2D eigenvalue weighted by atomic mass is 10.7. The molecule has 7 heavy (non-hydrogen) atoms. The summed E-state index contributed by atoms with van der Waals surface area (Å²) in [5.41, 5.74) is 0. The molecule has 0 aliphatic carbocycles. The standard InChI is InChI=1S/C4H10ClN.ClH/c1-6(2)4-3-5;/h3-4H2,1-2H3;1H/i1D2,2D2;. The largest absolute Gasteiger partial charge is 0.308 e. The summed E-state index contributed by atoms with van der Waals surface area (Å²) in [7, 11) is 0. The summed E-state index contributed by atoms with van der Waals surface area (Å²) < 4.78 is 27.5. The fourth-order valence-electron chi connectivity index (χ4n) is 0.0976. The number of halogens is 2. The van der Waals surface area contributed by atoms with Crippen LogP contribution in [0.15, 0.2) is 0 Å². The van der Waals surface area contributed by atoms with Crippen LogP contribution in [0.3, 0.4) is 0 Å². The highest BCUT2D eigenvalue weighted by atomic mass is 35.5. The summed E-state index contributed by atoms with van der Waals surface area (Å²) in [6.45, 7) is -2.28. The zero-order valence-electron chi connectivity index (χ0n) is 7.80. The van der Waals surface area contributed by atoms with Crippen LogP contribution < -0.4 is 0 Å². The van der Waals surface area contributed by atoms with E-state index in [2.05, 4.69) is 0 Å². The number of rotatable bonds is 2. The summed E-state index contributed by atoms with van der Waals surface area (Å²) >= 11 is 5.31. The summed E-state index contributed by atoms with van der Waals surface area (Å²) in [6.07, 6.45) is 0. The molecule has 0 aromatic rings. The minimum Gasteiger partial charge on any atom is -0.308 e. The van der Waals surface area contributed by atoms with E-state index in [4.69, 9.17) is 17.1 Å². The quantitative estimate of drug-likeness (QED) is 0.532. The number of hydrogen-bond acceptors (Lipinski definition) is 1. The van der Waals surface area contributed by atoms with E-state index < -0.39 is 14.0 Å². The van der Waals surface area contributed by atoms with E-state index in [1.165, 1.54) is 0 Å². The molecule has 0 aromatic heterocycles. The Kier molecular flexibility index (Phi) is 3.31. The Morgan fingerprint density at radius 1 is 1.71 bits per heavy atom. The Morgan fingerprint density at radius 3 is 2.43 bits per heavy atom. The summed E-state index contributed by atoms with van der Waals surface area (Å²) in [5.74, 6) is 0.252. The SMILES string of the molecule is Cl.[2H]C([2H])N(CCCl)C([2H])[2H]. The van der Waals surface area contributed by atoms with Crippen LogP contribution in [-0.2, 0) is 0 Å². The van der Waals surface area contributed by atoms with Crippen molar-refractivity contribution in [3.05, 3.63) is 0 Å². The van der Waals surface area contributed by atoms with Gasteiger partial charge in [0.1, 0.15) is 0 Å². The molecular formula is C4H11Cl2N. The first-order valence-corrected chi connectivity index (χ1v) is 2.13. The van der Waals surface area contributed by atoms with Gasteiger partial charge in [0.25, 0.3) is 0 Å². The predicted octanol–water partition coefficient (Wildman–Crippen LogP) is 1.21. The van der Waals surface area contributed by atoms with E-state index in [0.29, 0.717) is 0 Å². The normalized spacial score (nSPS) is 17.7. The molecule has 0 radical (unpaired) electrons. The smallest absolute Gasteiger partial charge is 0.0394 e. The van der Waals surface area contributed by atoms with Gasteiger partial charge in [0.05, 0.1) is 0 Å². The Labute approximate surface area is 61.7 Å². The van der Waals surface area contributed by atoms with Gasteiger partial charge >= 0.3 is 0 Å². The maximum Gasteiger partial charge on any atom is 0.0394 e. The molecule has 46 valence electrons. The number of nitrogens with zero attached hydrogens (tertiary/aromatic N) is 1. The van der Waals surface area contributed by atoms with Gasteiger partial charge in [0, 0.05) is 17.9 Å². The van der Waals surface area contributed by atoms with Gasteiger partial charge in [-0.05, 0) is 14.0 Å². The molecule has 1 nitrogen and oxygen atoms in total. The first-order valence-electron chi connectivity index (χ1n) is 3.91. The average Bonchev–Trinajstić information content (AvgIpc) is 1.81. The molecule has 0 rings (SSSR count). The summed E-state index contributed by atoms with van der Waals surface area (Å²) in [6, 6.07) is 0. The van der Waals surface area contributed by atoms with Crippen LogP contribution in [0.25, 0.3) is 0 Å². The number of hydrogen-bond donors (Lipinski definition) is 0. The van der Waals surface area contributed by atoms with Crippen molar-refractivity contribution in [2.75, 3.05) is 26.4 Å². The molecule has 0 unspecified atom stereocenters. The van der Waals surface area contributed by atoms with Gasteiger partial charge in [-0.1, -0.05) is 0 Å². The molecular weight excluding hydrogens is 133 g/mol. The highest BCUT2D eigenvalue weighted by Crippen LogP contribution is 1.75. The zero-order valence-corrected chi connectivity index (χ0v) is 5.37. The fourth-order valence-corrected chi connectivity index (χ4v) is 0.293. The van der Waals surface area contributed by atoms with Gasteiger partial charge in [-0.25, -0.2) is 0 Å². The van der Waals surface area contributed by atoms with Gasteiger partial charge in [0.15, 0.2) is 0 Å².